The van der Waals surface area contributed by atoms with Crippen LogP contribution in [0.4, 0.5) is 0 Å². The molecule has 0 aliphatic carbocycles. The zero-order chi connectivity index (χ0) is 27.3. The van der Waals surface area contributed by atoms with Crippen molar-refractivity contribution in [2.24, 2.45) is 5.92 Å². The van der Waals surface area contributed by atoms with Crippen LogP contribution in [0.5, 0.6) is 0 Å². The average Bonchev–Trinajstić information content (AvgIpc) is 2.93. The highest BCUT2D eigenvalue weighted by molar-refractivity contribution is 7.90. The minimum absolute atomic E-state index is 0.00493. The monoisotopic (exact) mass is 531 g/mol. The zero-order valence-electron chi connectivity index (χ0n) is 22.0. The summed E-state index contributed by atoms with van der Waals surface area (Å²) in [7, 11) is -4.33. The largest absolute Gasteiger partial charge is 0.466 e. The van der Waals surface area contributed by atoms with Gasteiger partial charge in [-0.15, -0.1) is 0 Å². The molecule has 7 heteroatoms. The van der Waals surface area contributed by atoms with E-state index in [0.717, 1.165) is 16.3 Å². The number of carbonyl (C=O) groups excluding carboxylic acids is 2. The Morgan fingerprint density at radius 2 is 1.53 bits per heavy atom. The molecule has 0 bridgehead atoms. The number of ether oxygens (including phenoxy) is 1. The Hall–Kier alpha value is -3.71. The molecule has 38 heavy (non-hydrogen) atoms. The first-order chi connectivity index (χ1) is 18.3. The topological polar surface area (TPSA) is 80.8 Å². The van der Waals surface area contributed by atoms with Gasteiger partial charge in [0.05, 0.1) is 28.5 Å². The van der Waals surface area contributed by atoms with E-state index in [0.29, 0.717) is 17.5 Å². The van der Waals surface area contributed by atoms with E-state index in [1.807, 2.05) is 26.0 Å². The number of rotatable bonds is 9. The fraction of sp³-hybridized carbons (Fsp3) is 0.290. The van der Waals surface area contributed by atoms with Crippen molar-refractivity contribution in [1.29, 1.82) is 0 Å². The number of amides is 1. The van der Waals surface area contributed by atoms with Gasteiger partial charge in [-0.3, -0.25) is 9.59 Å². The number of esters is 1. The van der Waals surface area contributed by atoms with Gasteiger partial charge in [0.25, 0.3) is 15.9 Å². The number of benzene rings is 3. The predicted molar refractivity (Wildman–Crippen MR) is 147 cm³/mol. The standard InChI is InChI=1S/C31H33NO5S/c1-4-6-21-31(25-15-11-8-12-16-25)27(29(33)37-5-2)22-28(24-13-9-7-10-14-24)32(30(31)34)38(35,36)26-19-17-23(3)18-20-26/h7-20,22,27H,4-6,21H2,1-3H3/t27-,31-/m1/s1. The highest BCUT2D eigenvalue weighted by Crippen LogP contribution is 2.48. The van der Waals surface area contributed by atoms with Crippen molar-refractivity contribution in [2.45, 2.75) is 50.3 Å². The summed E-state index contributed by atoms with van der Waals surface area (Å²) >= 11 is 0. The van der Waals surface area contributed by atoms with Crippen molar-refractivity contribution in [3.63, 3.8) is 0 Å². The van der Waals surface area contributed by atoms with Crippen LogP contribution >= 0.6 is 0 Å². The van der Waals surface area contributed by atoms with Gasteiger partial charge in [-0.1, -0.05) is 98.1 Å². The summed E-state index contributed by atoms with van der Waals surface area (Å²) in [5.74, 6) is -2.22. The summed E-state index contributed by atoms with van der Waals surface area (Å²) in [6, 6.07) is 24.3. The molecule has 0 unspecified atom stereocenters. The van der Waals surface area contributed by atoms with Crippen molar-refractivity contribution >= 4 is 27.6 Å². The Balaban J connectivity index is 2.06. The van der Waals surface area contributed by atoms with E-state index < -0.39 is 33.2 Å². The van der Waals surface area contributed by atoms with Gasteiger partial charge in [0.1, 0.15) is 0 Å². The fourth-order valence-corrected chi connectivity index (χ4v) is 6.57. The Labute approximate surface area is 225 Å². The highest BCUT2D eigenvalue weighted by Gasteiger charge is 2.57. The lowest BCUT2D eigenvalue weighted by Gasteiger charge is -2.45. The first-order valence-corrected chi connectivity index (χ1v) is 14.4. The minimum Gasteiger partial charge on any atom is -0.466 e. The van der Waals surface area contributed by atoms with Crippen LogP contribution in [0.1, 0.15) is 49.8 Å². The molecule has 3 aromatic carbocycles. The van der Waals surface area contributed by atoms with Crippen molar-refractivity contribution in [2.75, 3.05) is 6.61 Å². The smallest absolute Gasteiger partial charge is 0.314 e. The van der Waals surface area contributed by atoms with Crippen molar-refractivity contribution < 1.29 is 22.7 Å². The molecule has 198 valence electrons. The van der Waals surface area contributed by atoms with Gasteiger partial charge in [0.2, 0.25) is 0 Å². The molecule has 0 spiro atoms. The third-order valence-electron chi connectivity index (χ3n) is 7.02. The van der Waals surface area contributed by atoms with Crippen molar-refractivity contribution in [3.8, 4) is 0 Å². The third-order valence-corrected chi connectivity index (χ3v) is 8.73. The van der Waals surface area contributed by atoms with Gasteiger partial charge < -0.3 is 4.74 Å². The number of nitrogens with zero attached hydrogens (tertiary/aromatic N) is 1. The van der Waals surface area contributed by atoms with Crippen LogP contribution in [0.2, 0.25) is 0 Å². The quantitative estimate of drug-likeness (QED) is 0.323. The van der Waals surface area contributed by atoms with Gasteiger partial charge in [-0.2, -0.15) is 0 Å². The van der Waals surface area contributed by atoms with Crippen molar-refractivity contribution in [3.05, 3.63) is 108 Å². The van der Waals surface area contributed by atoms with Crippen molar-refractivity contribution in [1.82, 2.24) is 4.31 Å². The number of aryl methyl sites for hydroxylation is 1. The lowest BCUT2D eigenvalue weighted by atomic mass is 9.64. The minimum atomic E-state index is -4.33. The number of sulfonamides is 1. The highest BCUT2D eigenvalue weighted by atomic mass is 32.2. The molecule has 4 rings (SSSR count). The Morgan fingerprint density at radius 3 is 2.11 bits per heavy atom. The molecule has 1 aliphatic heterocycles. The van der Waals surface area contributed by atoms with Crippen LogP contribution in [0.25, 0.3) is 5.70 Å². The molecule has 1 heterocycles. The van der Waals surface area contributed by atoms with E-state index in [9.17, 15) is 18.0 Å². The molecule has 0 radical (unpaired) electrons. The van der Waals surface area contributed by atoms with Crippen LogP contribution in [0.3, 0.4) is 0 Å². The first kappa shape index (κ1) is 27.3. The summed E-state index contributed by atoms with van der Waals surface area (Å²) in [6.07, 6.45) is 3.28. The van der Waals surface area contributed by atoms with Gasteiger partial charge in [-0.05, 0) is 49.6 Å². The number of unbranched alkanes of at least 4 members (excludes halogenated alkanes) is 1. The van der Waals surface area contributed by atoms with Crippen LogP contribution < -0.4 is 0 Å². The molecule has 1 amide bonds. The van der Waals surface area contributed by atoms with Gasteiger partial charge >= 0.3 is 5.97 Å². The van der Waals surface area contributed by atoms with E-state index in [1.54, 1.807) is 73.7 Å². The Bertz CT molecular complexity index is 1420. The molecule has 0 fully saturated rings. The normalized spacial score (nSPS) is 19.7. The zero-order valence-corrected chi connectivity index (χ0v) is 22.8. The third kappa shape index (κ3) is 4.90. The second-order valence-corrected chi connectivity index (χ2v) is 11.3. The summed E-state index contributed by atoms with van der Waals surface area (Å²) < 4.78 is 34.9. The maximum atomic E-state index is 14.8. The summed E-state index contributed by atoms with van der Waals surface area (Å²) in [4.78, 5) is 28.4. The number of carbonyl (C=O) groups is 2. The number of hydrogen-bond donors (Lipinski definition) is 0. The molecule has 0 aromatic heterocycles. The molecule has 6 nitrogen and oxygen atoms in total. The molecule has 0 N–H and O–H groups in total. The Kier molecular flexibility index (Phi) is 8.17. The van der Waals surface area contributed by atoms with Gasteiger partial charge in [0.15, 0.2) is 0 Å². The van der Waals surface area contributed by atoms with Crippen LogP contribution in [0, 0.1) is 12.8 Å². The van der Waals surface area contributed by atoms with Crippen LogP contribution in [-0.2, 0) is 29.8 Å². The second kappa shape index (κ2) is 11.4. The molecule has 0 saturated heterocycles. The molecule has 3 aromatic rings. The molecule has 2 atom stereocenters. The van der Waals surface area contributed by atoms with E-state index >= 15 is 0 Å². The first-order valence-electron chi connectivity index (χ1n) is 12.9. The van der Waals surface area contributed by atoms with Gasteiger partial charge in [-0.25, -0.2) is 12.7 Å². The average molecular weight is 532 g/mol. The van der Waals surface area contributed by atoms with E-state index in [2.05, 4.69) is 0 Å². The molecular weight excluding hydrogens is 498 g/mol. The molecule has 1 aliphatic rings. The second-order valence-electron chi connectivity index (χ2n) is 9.48. The van der Waals surface area contributed by atoms with Crippen LogP contribution in [0.15, 0.2) is 95.9 Å². The molecule has 0 saturated carbocycles. The summed E-state index contributed by atoms with van der Waals surface area (Å²) in [5, 5.41) is 0. The fourth-order valence-electron chi connectivity index (χ4n) is 5.07. The predicted octanol–water partition coefficient (Wildman–Crippen LogP) is 5.87. The van der Waals surface area contributed by atoms with Crippen LogP contribution in [-0.4, -0.2) is 31.2 Å². The maximum absolute atomic E-state index is 14.8. The maximum Gasteiger partial charge on any atom is 0.314 e. The lowest BCUT2D eigenvalue weighted by molar-refractivity contribution is -0.153. The summed E-state index contributed by atoms with van der Waals surface area (Å²) in [5.41, 5.74) is 0.695. The SMILES string of the molecule is CCCC[C@]1(c2ccccc2)C(=O)N(S(=O)(=O)c2ccc(C)cc2)C(c2ccccc2)=C[C@@H]1C(=O)OCC. The number of hydrogen-bond acceptors (Lipinski definition) is 5. The lowest BCUT2D eigenvalue weighted by Crippen LogP contribution is -2.57. The Morgan fingerprint density at radius 1 is 0.921 bits per heavy atom. The van der Waals surface area contributed by atoms with E-state index in [-0.39, 0.29) is 23.6 Å². The van der Waals surface area contributed by atoms with E-state index in [4.69, 9.17) is 4.74 Å². The van der Waals surface area contributed by atoms with E-state index in [1.165, 1.54) is 12.1 Å². The molecular formula is C31H33NO5S. The van der Waals surface area contributed by atoms with Gasteiger partial charge in [0, 0.05) is 0 Å². The summed E-state index contributed by atoms with van der Waals surface area (Å²) in [6.45, 7) is 5.72.